The van der Waals surface area contributed by atoms with Crippen LogP contribution in [0.15, 0.2) is 66.4 Å². The van der Waals surface area contributed by atoms with Crippen molar-refractivity contribution in [3.8, 4) is 0 Å². The Hall–Kier alpha value is -3.61. The number of carbonyl (C=O) groups is 3. The van der Waals surface area contributed by atoms with Crippen molar-refractivity contribution in [3.63, 3.8) is 0 Å². The summed E-state index contributed by atoms with van der Waals surface area (Å²) in [5.41, 5.74) is 1.40. The molecule has 28 heavy (non-hydrogen) atoms. The van der Waals surface area contributed by atoms with Gasteiger partial charge in [-0.05, 0) is 17.2 Å². The highest BCUT2D eigenvalue weighted by atomic mass is 16.4. The molecule has 7 nitrogen and oxygen atoms in total. The van der Waals surface area contributed by atoms with E-state index in [9.17, 15) is 19.5 Å². The van der Waals surface area contributed by atoms with Gasteiger partial charge in [0, 0.05) is 13.0 Å². The number of hydrogen-bond acceptors (Lipinski definition) is 4. The minimum atomic E-state index is -1.19. The number of amides is 1. The molecule has 0 heterocycles. The van der Waals surface area contributed by atoms with Crippen LogP contribution < -0.4 is 10.6 Å². The highest BCUT2D eigenvalue weighted by Crippen LogP contribution is 2.09. The first-order valence-corrected chi connectivity index (χ1v) is 8.75. The largest absolute Gasteiger partial charge is 0.481 e. The molecule has 1 amide bonds. The molecule has 4 N–H and O–H groups in total. The molecule has 0 radical (unpaired) electrons. The molecule has 0 spiro atoms. The Morgan fingerprint density at radius 3 is 2.11 bits per heavy atom. The molecule has 0 aliphatic carbocycles. The lowest BCUT2D eigenvalue weighted by Gasteiger charge is -2.20. The van der Waals surface area contributed by atoms with Crippen molar-refractivity contribution in [3.05, 3.63) is 77.5 Å². The molecule has 1 atom stereocenters. The van der Waals surface area contributed by atoms with Gasteiger partial charge in [0.15, 0.2) is 0 Å². The second-order valence-corrected chi connectivity index (χ2v) is 6.10. The predicted octanol–water partition coefficient (Wildman–Crippen LogP) is 1.90. The van der Waals surface area contributed by atoms with Crippen LogP contribution in [0.1, 0.15) is 17.5 Å². The van der Waals surface area contributed by atoms with E-state index < -0.39 is 23.9 Å². The SMILES string of the molecule is O=C(O)CCNC(=O)[C@H](Cc1ccccc1)NC(=Cc1ccccc1)C(=O)O. The molecule has 2 aromatic carbocycles. The Morgan fingerprint density at radius 2 is 1.54 bits per heavy atom. The maximum Gasteiger partial charge on any atom is 0.351 e. The standard InChI is InChI=1S/C21H22N2O5/c24-19(25)11-12-22-20(26)17(13-15-7-3-1-4-8-15)23-18(21(27)28)14-16-9-5-2-6-10-16/h1-10,14,17,23H,11-13H2,(H,22,26)(H,24,25)(H,27,28)/t17-/m0/s1. The zero-order chi connectivity index (χ0) is 20.4. The maximum absolute atomic E-state index is 12.6. The summed E-state index contributed by atoms with van der Waals surface area (Å²) in [6.07, 6.45) is 1.49. The van der Waals surface area contributed by atoms with Gasteiger partial charge < -0.3 is 20.8 Å². The first-order valence-electron chi connectivity index (χ1n) is 8.75. The van der Waals surface area contributed by atoms with E-state index in [-0.39, 0.29) is 25.1 Å². The fourth-order valence-corrected chi connectivity index (χ4v) is 2.54. The monoisotopic (exact) mass is 382 g/mol. The van der Waals surface area contributed by atoms with Gasteiger partial charge in [-0.3, -0.25) is 9.59 Å². The highest BCUT2D eigenvalue weighted by Gasteiger charge is 2.22. The number of nitrogens with one attached hydrogen (secondary N) is 2. The van der Waals surface area contributed by atoms with E-state index in [1.54, 1.807) is 24.3 Å². The molecule has 0 aliphatic rings. The molecular weight excluding hydrogens is 360 g/mol. The number of hydrogen-bond donors (Lipinski definition) is 4. The topological polar surface area (TPSA) is 116 Å². The summed E-state index contributed by atoms with van der Waals surface area (Å²) in [7, 11) is 0. The van der Waals surface area contributed by atoms with Crippen LogP contribution in [0.2, 0.25) is 0 Å². The minimum absolute atomic E-state index is 0.0358. The second kappa shape index (κ2) is 10.5. The van der Waals surface area contributed by atoms with Crippen LogP contribution in [0.4, 0.5) is 0 Å². The third-order valence-corrected chi connectivity index (χ3v) is 3.91. The van der Waals surface area contributed by atoms with E-state index in [0.717, 1.165) is 5.56 Å². The van der Waals surface area contributed by atoms with Crippen molar-refractivity contribution in [1.29, 1.82) is 0 Å². The van der Waals surface area contributed by atoms with Gasteiger partial charge in [-0.1, -0.05) is 60.7 Å². The van der Waals surface area contributed by atoms with Gasteiger partial charge >= 0.3 is 11.9 Å². The molecule has 2 rings (SSSR count). The Bertz CT molecular complexity index is 834. The molecule has 0 aromatic heterocycles. The molecule has 0 bridgehead atoms. The van der Waals surface area contributed by atoms with Gasteiger partial charge in [-0.15, -0.1) is 0 Å². The van der Waals surface area contributed by atoms with E-state index in [1.807, 2.05) is 36.4 Å². The number of rotatable bonds is 10. The van der Waals surface area contributed by atoms with Crippen molar-refractivity contribution in [2.75, 3.05) is 6.54 Å². The Labute approximate surface area is 162 Å². The van der Waals surface area contributed by atoms with Crippen LogP contribution in [-0.2, 0) is 20.8 Å². The summed E-state index contributed by atoms with van der Waals surface area (Å²) >= 11 is 0. The highest BCUT2D eigenvalue weighted by molar-refractivity contribution is 5.93. The lowest BCUT2D eigenvalue weighted by Crippen LogP contribution is -2.46. The van der Waals surface area contributed by atoms with Gasteiger partial charge in [0.05, 0.1) is 6.42 Å². The maximum atomic E-state index is 12.6. The molecule has 2 aromatic rings. The van der Waals surface area contributed by atoms with Crippen LogP contribution in [0.25, 0.3) is 6.08 Å². The molecule has 0 saturated carbocycles. The summed E-state index contributed by atoms with van der Waals surface area (Å²) < 4.78 is 0. The van der Waals surface area contributed by atoms with Crippen LogP contribution in [-0.4, -0.2) is 40.6 Å². The van der Waals surface area contributed by atoms with E-state index in [4.69, 9.17) is 5.11 Å². The van der Waals surface area contributed by atoms with Crippen LogP contribution in [0.5, 0.6) is 0 Å². The zero-order valence-corrected chi connectivity index (χ0v) is 15.2. The van der Waals surface area contributed by atoms with Gasteiger partial charge in [-0.2, -0.15) is 0 Å². The summed E-state index contributed by atoms with van der Waals surface area (Å²) in [5.74, 6) is -2.69. The average molecular weight is 382 g/mol. The number of carbonyl (C=O) groups excluding carboxylic acids is 1. The van der Waals surface area contributed by atoms with Gasteiger partial charge in [0.2, 0.25) is 5.91 Å². The fourth-order valence-electron chi connectivity index (χ4n) is 2.54. The van der Waals surface area contributed by atoms with Crippen molar-refractivity contribution >= 4 is 23.9 Å². The number of aliphatic carboxylic acids is 2. The lowest BCUT2D eigenvalue weighted by atomic mass is 10.0. The predicted molar refractivity (Wildman–Crippen MR) is 104 cm³/mol. The van der Waals surface area contributed by atoms with Gasteiger partial charge in [-0.25, -0.2) is 4.79 Å². The Kier molecular flexibility index (Phi) is 7.77. The summed E-state index contributed by atoms with van der Waals surface area (Å²) in [6, 6.07) is 17.2. The van der Waals surface area contributed by atoms with E-state index in [1.165, 1.54) is 6.08 Å². The van der Waals surface area contributed by atoms with Crippen molar-refractivity contribution in [2.24, 2.45) is 0 Å². The van der Waals surface area contributed by atoms with Crippen LogP contribution in [0.3, 0.4) is 0 Å². The van der Waals surface area contributed by atoms with Crippen LogP contribution >= 0.6 is 0 Å². The normalized spacial score (nSPS) is 12.1. The molecule has 0 unspecified atom stereocenters. The van der Waals surface area contributed by atoms with E-state index >= 15 is 0 Å². The van der Waals surface area contributed by atoms with Crippen molar-refractivity contribution < 1.29 is 24.6 Å². The van der Waals surface area contributed by atoms with E-state index in [2.05, 4.69) is 10.6 Å². The first kappa shape index (κ1) is 20.7. The number of carboxylic acid groups (broad SMARTS) is 2. The summed E-state index contributed by atoms with van der Waals surface area (Å²) in [4.78, 5) is 34.9. The van der Waals surface area contributed by atoms with Gasteiger partial charge in [0.1, 0.15) is 11.7 Å². The van der Waals surface area contributed by atoms with E-state index in [0.29, 0.717) is 5.56 Å². The lowest BCUT2D eigenvalue weighted by molar-refractivity contribution is -0.137. The minimum Gasteiger partial charge on any atom is -0.481 e. The van der Waals surface area contributed by atoms with Crippen molar-refractivity contribution in [1.82, 2.24) is 10.6 Å². The Morgan fingerprint density at radius 1 is 0.929 bits per heavy atom. The number of benzene rings is 2. The van der Waals surface area contributed by atoms with Crippen molar-refractivity contribution in [2.45, 2.75) is 18.9 Å². The molecule has 0 fully saturated rings. The molecule has 7 heteroatoms. The zero-order valence-electron chi connectivity index (χ0n) is 15.2. The summed E-state index contributed by atoms with van der Waals surface area (Å²) in [6.45, 7) is -0.0358. The summed E-state index contributed by atoms with van der Waals surface area (Å²) in [5, 5.41) is 23.6. The average Bonchev–Trinajstić information content (AvgIpc) is 2.68. The third kappa shape index (κ3) is 6.95. The quantitative estimate of drug-likeness (QED) is 0.467. The number of carboxylic acids is 2. The molecule has 0 aliphatic heterocycles. The molecule has 0 saturated heterocycles. The second-order valence-electron chi connectivity index (χ2n) is 6.10. The molecule has 146 valence electrons. The Balaban J connectivity index is 2.20. The third-order valence-electron chi connectivity index (χ3n) is 3.91. The molecular formula is C21H22N2O5. The fraction of sp³-hybridized carbons (Fsp3) is 0.190. The first-order chi connectivity index (χ1) is 13.5. The van der Waals surface area contributed by atoms with Gasteiger partial charge in [0.25, 0.3) is 0 Å². The smallest absolute Gasteiger partial charge is 0.351 e. The van der Waals surface area contributed by atoms with Crippen LogP contribution in [0, 0.1) is 0 Å².